The van der Waals surface area contributed by atoms with Crippen LogP contribution in [0.1, 0.15) is 24.2 Å². The van der Waals surface area contributed by atoms with Crippen molar-refractivity contribution < 1.29 is 19.1 Å². The second-order valence-electron chi connectivity index (χ2n) is 3.07. The molecule has 1 rings (SSSR count). The molecule has 2 N–H and O–H groups in total. The Morgan fingerprint density at radius 2 is 2.06 bits per heavy atom. The van der Waals surface area contributed by atoms with Crippen molar-refractivity contribution in [3.05, 3.63) is 23.8 Å². The Balaban J connectivity index is 3.07. The lowest BCUT2D eigenvalue weighted by Crippen LogP contribution is -2.10. The van der Waals surface area contributed by atoms with Gasteiger partial charge in [0.05, 0.1) is 6.61 Å². The maximum absolute atomic E-state index is 11.5. The molecule has 0 amide bonds. The van der Waals surface area contributed by atoms with Gasteiger partial charge in [0.2, 0.25) is 0 Å². The average molecular weight is 223 g/mol. The molecule has 0 radical (unpaired) electrons. The van der Waals surface area contributed by atoms with Gasteiger partial charge in [-0.1, -0.05) is 0 Å². The highest BCUT2D eigenvalue weighted by Gasteiger charge is 2.15. The molecule has 0 unspecified atom stereocenters. The van der Waals surface area contributed by atoms with Crippen LogP contribution in [-0.2, 0) is 9.53 Å². The minimum Gasteiger partial charge on any atom is -0.462 e. The summed E-state index contributed by atoms with van der Waals surface area (Å²) < 4.78 is 9.69. The van der Waals surface area contributed by atoms with E-state index in [9.17, 15) is 9.59 Å². The van der Waals surface area contributed by atoms with Crippen molar-refractivity contribution in [2.24, 2.45) is 0 Å². The molecule has 0 atom stereocenters. The Hall–Kier alpha value is -2.04. The van der Waals surface area contributed by atoms with Crippen molar-refractivity contribution in [1.29, 1.82) is 0 Å². The lowest BCUT2D eigenvalue weighted by Gasteiger charge is -2.08. The van der Waals surface area contributed by atoms with Gasteiger partial charge in [-0.25, -0.2) is 4.79 Å². The molecule has 1 aromatic rings. The minimum atomic E-state index is -0.564. The standard InChI is InChI=1S/C11H13NO4/c1-3-15-11(14)9-6-8(12)4-5-10(9)16-7(2)13/h4-6H,3,12H2,1-2H3. The molecule has 5 nitrogen and oxygen atoms in total. The van der Waals surface area contributed by atoms with Crippen LogP contribution in [0.3, 0.4) is 0 Å². The molecule has 0 aromatic heterocycles. The highest BCUT2D eigenvalue weighted by molar-refractivity contribution is 5.94. The van der Waals surface area contributed by atoms with Crippen molar-refractivity contribution in [2.75, 3.05) is 12.3 Å². The summed E-state index contributed by atoms with van der Waals surface area (Å²) in [5.74, 6) is -0.915. The highest BCUT2D eigenvalue weighted by atomic mass is 16.5. The van der Waals surface area contributed by atoms with E-state index in [1.807, 2.05) is 0 Å². The number of anilines is 1. The van der Waals surface area contributed by atoms with Gasteiger partial charge in [0.15, 0.2) is 0 Å². The zero-order valence-corrected chi connectivity index (χ0v) is 9.15. The van der Waals surface area contributed by atoms with E-state index >= 15 is 0 Å². The minimum absolute atomic E-state index is 0.150. The second-order valence-corrected chi connectivity index (χ2v) is 3.07. The monoisotopic (exact) mass is 223 g/mol. The molecular weight excluding hydrogens is 210 g/mol. The van der Waals surface area contributed by atoms with Crippen LogP contribution in [0.25, 0.3) is 0 Å². The summed E-state index contributed by atoms with van der Waals surface area (Å²) in [6, 6.07) is 4.42. The Bertz CT molecular complexity index is 414. The van der Waals surface area contributed by atoms with Crippen LogP contribution in [0, 0.1) is 0 Å². The maximum Gasteiger partial charge on any atom is 0.342 e. The van der Waals surface area contributed by atoms with Crippen LogP contribution < -0.4 is 10.5 Å². The zero-order valence-electron chi connectivity index (χ0n) is 9.15. The van der Waals surface area contributed by atoms with Crippen molar-refractivity contribution in [3.8, 4) is 5.75 Å². The van der Waals surface area contributed by atoms with Crippen LogP contribution in [0.15, 0.2) is 18.2 Å². The SMILES string of the molecule is CCOC(=O)c1cc(N)ccc1OC(C)=O. The lowest BCUT2D eigenvalue weighted by molar-refractivity contribution is -0.131. The number of rotatable bonds is 3. The van der Waals surface area contributed by atoms with Gasteiger partial charge >= 0.3 is 11.9 Å². The van der Waals surface area contributed by atoms with Gasteiger partial charge in [0, 0.05) is 12.6 Å². The number of carbonyl (C=O) groups is 2. The molecule has 0 fully saturated rings. The summed E-state index contributed by atoms with van der Waals surface area (Å²) in [4.78, 5) is 22.4. The van der Waals surface area contributed by atoms with E-state index in [2.05, 4.69) is 0 Å². The van der Waals surface area contributed by atoms with Gasteiger partial charge in [-0.2, -0.15) is 0 Å². The van der Waals surface area contributed by atoms with E-state index in [1.165, 1.54) is 19.1 Å². The van der Waals surface area contributed by atoms with Gasteiger partial charge in [0.25, 0.3) is 0 Å². The van der Waals surface area contributed by atoms with Crippen LogP contribution in [0.5, 0.6) is 5.75 Å². The van der Waals surface area contributed by atoms with Crippen molar-refractivity contribution in [2.45, 2.75) is 13.8 Å². The molecule has 86 valence electrons. The van der Waals surface area contributed by atoms with E-state index in [-0.39, 0.29) is 17.9 Å². The van der Waals surface area contributed by atoms with E-state index in [4.69, 9.17) is 15.2 Å². The number of nitrogen functional groups attached to an aromatic ring is 1. The number of esters is 2. The molecule has 16 heavy (non-hydrogen) atoms. The fourth-order valence-electron chi connectivity index (χ4n) is 1.16. The van der Waals surface area contributed by atoms with Crippen LogP contribution in [0.4, 0.5) is 5.69 Å². The van der Waals surface area contributed by atoms with E-state index in [0.717, 1.165) is 0 Å². The molecular formula is C11H13NO4. The van der Waals surface area contributed by atoms with Gasteiger partial charge in [-0.3, -0.25) is 4.79 Å². The third-order valence-corrected chi connectivity index (χ3v) is 1.75. The Labute approximate surface area is 93.1 Å². The molecule has 5 heteroatoms. The summed E-state index contributed by atoms with van der Waals surface area (Å²) in [6.07, 6.45) is 0. The first-order valence-corrected chi connectivity index (χ1v) is 4.79. The van der Waals surface area contributed by atoms with Crippen LogP contribution >= 0.6 is 0 Å². The third kappa shape index (κ3) is 2.98. The van der Waals surface area contributed by atoms with E-state index < -0.39 is 11.9 Å². The average Bonchev–Trinajstić information content (AvgIpc) is 2.20. The van der Waals surface area contributed by atoms with Gasteiger partial charge in [-0.05, 0) is 25.1 Å². The quantitative estimate of drug-likeness (QED) is 0.475. The van der Waals surface area contributed by atoms with Crippen LogP contribution in [0.2, 0.25) is 0 Å². The topological polar surface area (TPSA) is 78.6 Å². The summed E-state index contributed by atoms with van der Waals surface area (Å²) in [5.41, 5.74) is 6.10. The molecule has 0 saturated heterocycles. The first-order chi connectivity index (χ1) is 7.54. The first-order valence-electron chi connectivity index (χ1n) is 4.79. The number of hydrogen-bond donors (Lipinski definition) is 1. The normalized spacial score (nSPS) is 9.62. The van der Waals surface area contributed by atoms with Crippen LogP contribution in [-0.4, -0.2) is 18.5 Å². The van der Waals surface area contributed by atoms with E-state index in [0.29, 0.717) is 5.69 Å². The molecule has 0 aliphatic carbocycles. The molecule has 0 aliphatic rings. The predicted octanol–water partition coefficient (Wildman–Crippen LogP) is 1.37. The smallest absolute Gasteiger partial charge is 0.342 e. The van der Waals surface area contributed by atoms with Gasteiger partial charge in [-0.15, -0.1) is 0 Å². The zero-order chi connectivity index (χ0) is 12.1. The molecule has 0 spiro atoms. The second kappa shape index (κ2) is 5.16. The number of ether oxygens (including phenoxy) is 2. The van der Waals surface area contributed by atoms with Crippen molar-refractivity contribution >= 4 is 17.6 Å². The summed E-state index contributed by atoms with van der Waals surface area (Å²) in [5, 5.41) is 0. The summed E-state index contributed by atoms with van der Waals surface area (Å²) in [7, 11) is 0. The lowest BCUT2D eigenvalue weighted by atomic mass is 10.2. The van der Waals surface area contributed by atoms with Crippen molar-refractivity contribution in [3.63, 3.8) is 0 Å². The number of benzene rings is 1. The third-order valence-electron chi connectivity index (χ3n) is 1.75. The summed E-state index contributed by atoms with van der Waals surface area (Å²) in [6.45, 7) is 3.19. The Morgan fingerprint density at radius 3 is 2.62 bits per heavy atom. The number of hydrogen-bond acceptors (Lipinski definition) is 5. The largest absolute Gasteiger partial charge is 0.462 e. The highest BCUT2D eigenvalue weighted by Crippen LogP contribution is 2.22. The summed E-state index contributed by atoms with van der Waals surface area (Å²) >= 11 is 0. The van der Waals surface area contributed by atoms with E-state index in [1.54, 1.807) is 13.0 Å². The van der Waals surface area contributed by atoms with Crippen molar-refractivity contribution in [1.82, 2.24) is 0 Å². The Morgan fingerprint density at radius 1 is 1.38 bits per heavy atom. The van der Waals surface area contributed by atoms with Gasteiger partial charge in [0.1, 0.15) is 11.3 Å². The molecule has 0 aliphatic heterocycles. The first kappa shape index (κ1) is 12.0. The predicted molar refractivity (Wildman–Crippen MR) is 58.1 cm³/mol. The molecule has 0 heterocycles. The maximum atomic E-state index is 11.5. The number of carbonyl (C=O) groups excluding carboxylic acids is 2. The van der Waals surface area contributed by atoms with Gasteiger partial charge < -0.3 is 15.2 Å². The molecule has 0 bridgehead atoms. The fourth-order valence-corrected chi connectivity index (χ4v) is 1.16. The Kier molecular flexibility index (Phi) is 3.88. The molecule has 1 aromatic carbocycles. The number of nitrogens with two attached hydrogens (primary N) is 1. The molecule has 0 saturated carbocycles. The fraction of sp³-hybridized carbons (Fsp3) is 0.273.